The third kappa shape index (κ3) is 2.16. The van der Waals surface area contributed by atoms with E-state index in [0.29, 0.717) is 11.7 Å². The molecule has 1 saturated carbocycles. The van der Waals surface area contributed by atoms with Crippen LogP contribution in [-0.2, 0) is 0 Å². The summed E-state index contributed by atoms with van der Waals surface area (Å²) in [6.45, 7) is 2.32. The van der Waals surface area contributed by atoms with Crippen LogP contribution in [-0.4, -0.2) is 28.8 Å². The van der Waals surface area contributed by atoms with Crippen LogP contribution >= 0.6 is 11.3 Å². The molecule has 0 unspecified atom stereocenters. The van der Waals surface area contributed by atoms with E-state index < -0.39 is 0 Å². The predicted molar refractivity (Wildman–Crippen MR) is 78.3 cm³/mol. The second-order valence-corrected chi connectivity index (χ2v) is 6.39. The Morgan fingerprint density at radius 1 is 1.42 bits per heavy atom. The first-order chi connectivity index (χ1) is 9.20. The highest BCUT2D eigenvalue weighted by Gasteiger charge is 2.25. The molecule has 0 bridgehead atoms. The lowest BCUT2D eigenvalue weighted by atomic mass is 9.87. The molecule has 1 aliphatic rings. The maximum atomic E-state index is 11.4. The molecule has 0 aromatic carbocycles. The molecule has 0 amide bonds. The number of fused-ring (bicyclic) bond motifs is 1. The number of aldehydes is 1. The van der Waals surface area contributed by atoms with E-state index in [1.54, 1.807) is 11.3 Å². The van der Waals surface area contributed by atoms with E-state index in [4.69, 9.17) is 0 Å². The first kappa shape index (κ1) is 12.7. The van der Waals surface area contributed by atoms with Crippen molar-refractivity contribution in [1.29, 1.82) is 0 Å². The molecule has 0 saturated heterocycles. The zero-order chi connectivity index (χ0) is 13.4. The summed E-state index contributed by atoms with van der Waals surface area (Å²) in [5.74, 6) is 1.67. The third-order valence-corrected chi connectivity index (χ3v) is 5.02. The van der Waals surface area contributed by atoms with Gasteiger partial charge in [0.15, 0.2) is 17.1 Å². The topological polar surface area (TPSA) is 37.6 Å². The Bertz CT molecular complexity index is 581. The highest BCUT2D eigenvalue weighted by atomic mass is 32.1. The number of nitrogens with zero attached hydrogens (tertiary/aromatic N) is 3. The molecule has 2 aromatic rings. The van der Waals surface area contributed by atoms with Crippen LogP contribution in [0.25, 0.3) is 4.96 Å². The SMILES string of the molecule is CC1CCC(N(C)c2nc3sccn3c2C=O)CC1. The summed E-state index contributed by atoms with van der Waals surface area (Å²) < 4.78 is 1.88. The van der Waals surface area contributed by atoms with Gasteiger partial charge in [0, 0.05) is 24.7 Å². The van der Waals surface area contributed by atoms with Crippen molar-refractivity contribution in [3.8, 4) is 0 Å². The Kier molecular flexibility index (Phi) is 3.31. The van der Waals surface area contributed by atoms with E-state index in [-0.39, 0.29) is 0 Å². The van der Waals surface area contributed by atoms with Crippen LogP contribution in [0.3, 0.4) is 0 Å². The normalized spacial score (nSPS) is 23.7. The lowest BCUT2D eigenvalue weighted by molar-refractivity contribution is 0.111. The van der Waals surface area contributed by atoms with Crippen molar-refractivity contribution in [3.63, 3.8) is 0 Å². The number of rotatable bonds is 3. The summed E-state index contributed by atoms with van der Waals surface area (Å²) in [6, 6.07) is 0.513. The molecule has 4 nitrogen and oxygen atoms in total. The van der Waals surface area contributed by atoms with Crippen LogP contribution in [0.4, 0.5) is 5.82 Å². The minimum atomic E-state index is 0.513. The second-order valence-electron chi connectivity index (χ2n) is 5.52. The largest absolute Gasteiger partial charge is 0.355 e. The summed E-state index contributed by atoms with van der Waals surface area (Å²) in [6.07, 6.45) is 7.77. The fraction of sp³-hybridized carbons (Fsp3) is 0.571. The smallest absolute Gasteiger partial charge is 0.196 e. The van der Waals surface area contributed by atoms with Crippen LogP contribution in [0.5, 0.6) is 0 Å². The lowest BCUT2D eigenvalue weighted by Crippen LogP contribution is -2.35. The van der Waals surface area contributed by atoms with Crippen LogP contribution in [0.2, 0.25) is 0 Å². The highest BCUT2D eigenvalue weighted by Crippen LogP contribution is 2.31. The quantitative estimate of drug-likeness (QED) is 0.808. The van der Waals surface area contributed by atoms with E-state index in [1.165, 1.54) is 25.7 Å². The van der Waals surface area contributed by atoms with Crippen molar-refractivity contribution < 1.29 is 4.79 Å². The summed E-state index contributed by atoms with van der Waals surface area (Å²) in [5, 5.41) is 1.96. The highest BCUT2D eigenvalue weighted by molar-refractivity contribution is 7.15. The molecule has 0 aliphatic heterocycles. The van der Waals surface area contributed by atoms with Crippen molar-refractivity contribution in [1.82, 2.24) is 9.38 Å². The molecule has 0 atom stereocenters. The summed E-state index contributed by atoms with van der Waals surface area (Å²) >= 11 is 1.57. The number of thiazole rings is 1. The van der Waals surface area contributed by atoms with Gasteiger partial charge in [0.25, 0.3) is 0 Å². The van der Waals surface area contributed by atoms with Gasteiger partial charge in [0.1, 0.15) is 5.69 Å². The standard InChI is InChI=1S/C14H19N3OS/c1-10-3-5-11(6-4-10)16(2)13-12(9-18)17-7-8-19-14(17)15-13/h7-11H,3-6H2,1-2H3. The van der Waals surface area contributed by atoms with Gasteiger partial charge in [-0.05, 0) is 31.6 Å². The molecule has 5 heteroatoms. The number of anilines is 1. The van der Waals surface area contributed by atoms with Gasteiger partial charge in [0.2, 0.25) is 0 Å². The van der Waals surface area contributed by atoms with Gasteiger partial charge in [-0.1, -0.05) is 6.92 Å². The molecule has 3 rings (SSSR count). The van der Waals surface area contributed by atoms with Gasteiger partial charge in [-0.15, -0.1) is 11.3 Å². The Balaban J connectivity index is 1.90. The first-order valence-corrected chi connectivity index (χ1v) is 7.72. The predicted octanol–water partition coefficient (Wildman–Crippen LogP) is 3.22. The Labute approximate surface area is 117 Å². The fourth-order valence-corrected chi connectivity index (χ4v) is 3.68. The molecule has 0 radical (unpaired) electrons. The van der Waals surface area contributed by atoms with E-state index in [0.717, 1.165) is 23.0 Å². The first-order valence-electron chi connectivity index (χ1n) is 6.84. The molecule has 0 N–H and O–H groups in total. The molecule has 102 valence electrons. The molecule has 1 aliphatic carbocycles. The summed E-state index contributed by atoms with van der Waals surface area (Å²) in [4.78, 5) is 19.1. The van der Waals surface area contributed by atoms with Gasteiger partial charge >= 0.3 is 0 Å². The molecule has 2 aromatic heterocycles. The van der Waals surface area contributed by atoms with E-state index in [2.05, 4.69) is 23.9 Å². The Hall–Kier alpha value is -1.36. The van der Waals surface area contributed by atoms with Crippen molar-refractivity contribution in [2.75, 3.05) is 11.9 Å². The summed E-state index contributed by atoms with van der Waals surface area (Å²) in [5.41, 5.74) is 0.678. The molecule has 1 fully saturated rings. The molecule has 0 spiro atoms. The maximum absolute atomic E-state index is 11.4. The Morgan fingerprint density at radius 2 is 2.16 bits per heavy atom. The van der Waals surface area contributed by atoms with Crippen LogP contribution in [0, 0.1) is 5.92 Å². The molecule has 2 heterocycles. The van der Waals surface area contributed by atoms with Crippen LogP contribution in [0.1, 0.15) is 43.1 Å². The van der Waals surface area contributed by atoms with Crippen LogP contribution < -0.4 is 4.90 Å². The van der Waals surface area contributed by atoms with Gasteiger partial charge < -0.3 is 4.90 Å². The monoisotopic (exact) mass is 277 g/mol. The van der Waals surface area contributed by atoms with Crippen molar-refractivity contribution in [3.05, 3.63) is 17.3 Å². The number of carbonyl (C=O) groups excluding carboxylic acids is 1. The van der Waals surface area contributed by atoms with Gasteiger partial charge in [0.05, 0.1) is 0 Å². The van der Waals surface area contributed by atoms with Crippen molar-refractivity contribution in [2.45, 2.75) is 38.6 Å². The number of aromatic nitrogens is 2. The second kappa shape index (κ2) is 4.96. The molecule has 19 heavy (non-hydrogen) atoms. The van der Waals surface area contributed by atoms with Gasteiger partial charge in [-0.25, -0.2) is 4.98 Å². The fourth-order valence-electron chi connectivity index (χ4n) is 2.96. The minimum absolute atomic E-state index is 0.513. The summed E-state index contributed by atoms with van der Waals surface area (Å²) in [7, 11) is 2.07. The lowest BCUT2D eigenvalue weighted by Gasteiger charge is -2.34. The van der Waals surface area contributed by atoms with Crippen LogP contribution in [0.15, 0.2) is 11.6 Å². The Morgan fingerprint density at radius 3 is 2.84 bits per heavy atom. The van der Waals surface area contributed by atoms with Gasteiger partial charge in [-0.3, -0.25) is 9.20 Å². The van der Waals surface area contributed by atoms with E-state index in [9.17, 15) is 4.79 Å². The van der Waals surface area contributed by atoms with E-state index >= 15 is 0 Å². The number of hydrogen-bond donors (Lipinski definition) is 0. The molecular weight excluding hydrogens is 258 g/mol. The average Bonchev–Trinajstić information content (AvgIpc) is 2.98. The van der Waals surface area contributed by atoms with Crippen molar-refractivity contribution >= 4 is 28.4 Å². The number of imidazole rings is 1. The zero-order valence-corrected chi connectivity index (χ0v) is 12.2. The van der Waals surface area contributed by atoms with Crippen molar-refractivity contribution in [2.24, 2.45) is 5.92 Å². The third-order valence-electron chi connectivity index (χ3n) is 4.26. The molecular formula is C14H19N3OS. The average molecular weight is 277 g/mol. The maximum Gasteiger partial charge on any atom is 0.196 e. The number of carbonyl (C=O) groups is 1. The minimum Gasteiger partial charge on any atom is -0.355 e. The number of hydrogen-bond acceptors (Lipinski definition) is 4. The van der Waals surface area contributed by atoms with Gasteiger partial charge in [-0.2, -0.15) is 0 Å². The van der Waals surface area contributed by atoms with E-state index in [1.807, 2.05) is 16.0 Å². The zero-order valence-electron chi connectivity index (χ0n) is 11.4.